The summed E-state index contributed by atoms with van der Waals surface area (Å²) >= 11 is 0. The predicted octanol–water partition coefficient (Wildman–Crippen LogP) is 4.00. The molecule has 0 atom stereocenters. The van der Waals surface area contributed by atoms with Crippen molar-refractivity contribution in [1.82, 2.24) is 5.32 Å². The van der Waals surface area contributed by atoms with Crippen LogP contribution in [0.3, 0.4) is 0 Å². The summed E-state index contributed by atoms with van der Waals surface area (Å²) in [5, 5.41) is 3.31. The summed E-state index contributed by atoms with van der Waals surface area (Å²) in [4.78, 5) is 0. The highest BCUT2D eigenvalue weighted by Gasteiger charge is 2.07. The van der Waals surface area contributed by atoms with Gasteiger partial charge in [-0.25, -0.2) is 8.78 Å². The number of nitrogens with one attached hydrogen (secondary N) is 1. The molecule has 0 amide bonds. The Morgan fingerprint density at radius 2 is 1.89 bits per heavy atom. The van der Waals surface area contributed by atoms with Crippen LogP contribution in [0.25, 0.3) is 6.08 Å². The smallest absolute Gasteiger partial charge is 0.133 e. The van der Waals surface area contributed by atoms with Crippen molar-refractivity contribution in [3.05, 3.63) is 41.0 Å². The maximum atomic E-state index is 13.6. The quantitative estimate of drug-likeness (QED) is 0.836. The molecule has 3 heteroatoms. The molecule has 100 valence electrons. The van der Waals surface area contributed by atoms with Crippen molar-refractivity contribution in [2.24, 2.45) is 5.92 Å². The summed E-state index contributed by atoms with van der Waals surface area (Å²) in [6, 6.07) is 4.05. The minimum Gasteiger partial charge on any atom is -0.311 e. The van der Waals surface area contributed by atoms with Crippen molar-refractivity contribution < 1.29 is 8.78 Å². The van der Waals surface area contributed by atoms with Crippen molar-refractivity contribution >= 4 is 6.08 Å². The van der Waals surface area contributed by atoms with Gasteiger partial charge in [-0.2, -0.15) is 0 Å². The van der Waals surface area contributed by atoms with E-state index in [4.69, 9.17) is 0 Å². The van der Waals surface area contributed by atoms with Gasteiger partial charge < -0.3 is 5.32 Å². The SMILES string of the molecule is CC(C)NCC(=Cc1ccc(F)cc1F)C(C)C. The third kappa shape index (κ3) is 4.57. The minimum atomic E-state index is -0.545. The summed E-state index contributed by atoms with van der Waals surface area (Å²) in [5.41, 5.74) is 1.54. The van der Waals surface area contributed by atoms with E-state index < -0.39 is 11.6 Å². The van der Waals surface area contributed by atoms with Crippen LogP contribution in [-0.4, -0.2) is 12.6 Å². The molecule has 0 fully saturated rings. The van der Waals surface area contributed by atoms with E-state index in [1.54, 1.807) is 6.08 Å². The standard InChI is InChI=1S/C15H21F2N/c1-10(2)13(9-18-11(3)4)7-12-5-6-14(16)8-15(12)17/h5-8,10-11,18H,9H2,1-4H3. The van der Waals surface area contributed by atoms with Crippen LogP contribution in [0.1, 0.15) is 33.3 Å². The first-order valence-electron chi connectivity index (χ1n) is 6.29. The predicted molar refractivity (Wildman–Crippen MR) is 72.3 cm³/mol. The van der Waals surface area contributed by atoms with E-state index >= 15 is 0 Å². The molecule has 1 N–H and O–H groups in total. The van der Waals surface area contributed by atoms with Gasteiger partial charge in [0.05, 0.1) is 0 Å². The molecule has 0 bridgehead atoms. The Morgan fingerprint density at radius 1 is 1.22 bits per heavy atom. The Bertz CT molecular complexity index is 423. The highest BCUT2D eigenvalue weighted by atomic mass is 19.1. The number of hydrogen-bond acceptors (Lipinski definition) is 1. The summed E-state index contributed by atoms with van der Waals surface area (Å²) in [6.07, 6.45) is 1.80. The lowest BCUT2D eigenvalue weighted by Crippen LogP contribution is -2.26. The Hall–Kier alpha value is -1.22. The van der Waals surface area contributed by atoms with Crippen LogP contribution in [0.2, 0.25) is 0 Å². The van der Waals surface area contributed by atoms with Gasteiger partial charge in [0.25, 0.3) is 0 Å². The molecule has 18 heavy (non-hydrogen) atoms. The fourth-order valence-electron chi connectivity index (χ4n) is 1.56. The maximum Gasteiger partial charge on any atom is 0.133 e. The van der Waals surface area contributed by atoms with Gasteiger partial charge in [-0.15, -0.1) is 0 Å². The second kappa shape index (κ2) is 6.64. The zero-order valence-corrected chi connectivity index (χ0v) is 11.4. The van der Waals surface area contributed by atoms with Crippen LogP contribution in [0.4, 0.5) is 8.78 Å². The molecule has 1 nitrogen and oxygen atoms in total. The molecular weight excluding hydrogens is 232 g/mol. The molecule has 1 rings (SSSR count). The lowest BCUT2D eigenvalue weighted by molar-refractivity contribution is 0.579. The van der Waals surface area contributed by atoms with E-state index in [2.05, 4.69) is 33.0 Å². The first-order valence-corrected chi connectivity index (χ1v) is 6.29. The lowest BCUT2D eigenvalue weighted by Gasteiger charge is -2.15. The van der Waals surface area contributed by atoms with Crippen molar-refractivity contribution in [3.63, 3.8) is 0 Å². The number of rotatable bonds is 5. The Balaban J connectivity index is 2.93. The van der Waals surface area contributed by atoms with Gasteiger partial charge in [-0.05, 0) is 18.1 Å². The van der Waals surface area contributed by atoms with Crippen LogP contribution in [0.15, 0.2) is 23.8 Å². The molecule has 0 unspecified atom stereocenters. The minimum absolute atomic E-state index is 0.320. The molecule has 0 saturated heterocycles. The molecule has 0 aliphatic carbocycles. The summed E-state index contributed by atoms with van der Waals surface area (Å²) in [5.74, 6) is -0.741. The average Bonchev–Trinajstić information content (AvgIpc) is 2.26. The first kappa shape index (κ1) is 14.8. The summed E-state index contributed by atoms with van der Waals surface area (Å²) in [7, 11) is 0. The Labute approximate surface area is 108 Å². The average molecular weight is 253 g/mol. The normalized spacial score (nSPS) is 12.6. The lowest BCUT2D eigenvalue weighted by atomic mass is 9.99. The third-order valence-electron chi connectivity index (χ3n) is 2.76. The van der Waals surface area contributed by atoms with Crippen LogP contribution in [0, 0.1) is 17.6 Å². The van der Waals surface area contributed by atoms with E-state index in [1.807, 2.05) is 0 Å². The van der Waals surface area contributed by atoms with E-state index in [9.17, 15) is 8.78 Å². The zero-order chi connectivity index (χ0) is 13.7. The number of hydrogen-bond donors (Lipinski definition) is 1. The van der Waals surface area contributed by atoms with Crippen molar-refractivity contribution in [2.75, 3.05) is 6.54 Å². The molecule has 0 spiro atoms. The number of halogens is 2. The zero-order valence-electron chi connectivity index (χ0n) is 11.4. The van der Waals surface area contributed by atoms with Crippen LogP contribution >= 0.6 is 0 Å². The van der Waals surface area contributed by atoms with Crippen molar-refractivity contribution in [3.8, 4) is 0 Å². The monoisotopic (exact) mass is 253 g/mol. The summed E-state index contributed by atoms with van der Waals surface area (Å²) < 4.78 is 26.4. The van der Waals surface area contributed by atoms with E-state index in [-0.39, 0.29) is 0 Å². The van der Waals surface area contributed by atoms with Crippen LogP contribution in [-0.2, 0) is 0 Å². The maximum absolute atomic E-state index is 13.6. The second-order valence-corrected chi connectivity index (χ2v) is 5.08. The molecule has 0 aromatic heterocycles. The van der Waals surface area contributed by atoms with Gasteiger partial charge in [0, 0.05) is 24.2 Å². The molecule has 0 aliphatic heterocycles. The molecule has 0 aliphatic rings. The molecule has 1 aromatic rings. The Kier molecular flexibility index (Phi) is 5.48. The molecule has 0 heterocycles. The first-order chi connectivity index (χ1) is 8.40. The van der Waals surface area contributed by atoms with Crippen molar-refractivity contribution in [1.29, 1.82) is 0 Å². The number of benzene rings is 1. The van der Waals surface area contributed by atoms with Crippen LogP contribution < -0.4 is 5.32 Å². The van der Waals surface area contributed by atoms with E-state index in [0.717, 1.165) is 11.6 Å². The third-order valence-corrected chi connectivity index (χ3v) is 2.76. The van der Waals surface area contributed by atoms with Gasteiger partial charge in [-0.1, -0.05) is 39.3 Å². The van der Waals surface area contributed by atoms with E-state index in [1.165, 1.54) is 12.1 Å². The highest BCUT2D eigenvalue weighted by Crippen LogP contribution is 2.17. The largest absolute Gasteiger partial charge is 0.311 e. The molecule has 0 radical (unpaired) electrons. The second-order valence-electron chi connectivity index (χ2n) is 5.08. The molecule has 0 saturated carbocycles. The Morgan fingerprint density at radius 3 is 2.39 bits per heavy atom. The summed E-state index contributed by atoms with van der Waals surface area (Å²) in [6.45, 7) is 8.98. The van der Waals surface area contributed by atoms with Gasteiger partial charge in [-0.3, -0.25) is 0 Å². The van der Waals surface area contributed by atoms with Gasteiger partial charge in [0.2, 0.25) is 0 Å². The van der Waals surface area contributed by atoms with Crippen molar-refractivity contribution in [2.45, 2.75) is 33.7 Å². The molecular formula is C15H21F2N. The molecule has 1 aromatic carbocycles. The van der Waals surface area contributed by atoms with Gasteiger partial charge in [0.15, 0.2) is 0 Å². The van der Waals surface area contributed by atoms with Crippen LogP contribution in [0.5, 0.6) is 0 Å². The fraction of sp³-hybridized carbons (Fsp3) is 0.467. The van der Waals surface area contributed by atoms with Gasteiger partial charge in [0.1, 0.15) is 11.6 Å². The fourth-order valence-corrected chi connectivity index (χ4v) is 1.56. The van der Waals surface area contributed by atoms with Gasteiger partial charge >= 0.3 is 0 Å². The topological polar surface area (TPSA) is 12.0 Å². The van der Waals surface area contributed by atoms with E-state index in [0.29, 0.717) is 24.1 Å². The highest BCUT2D eigenvalue weighted by molar-refractivity contribution is 5.54.